The van der Waals surface area contributed by atoms with Crippen LogP contribution in [0.15, 0.2) is 36.5 Å². The molecule has 1 amide bonds. The van der Waals surface area contributed by atoms with Crippen molar-refractivity contribution in [2.24, 2.45) is 5.92 Å². The minimum atomic E-state index is -5.00. The molecule has 0 unspecified atom stereocenters. The molecule has 2 aromatic heterocycles. The quantitative estimate of drug-likeness (QED) is 0.447. The third-order valence-electron chi connectivity index (χ3n) is 7.23. The van der Waals surface area contributed by atoms with E-state index in [0.29, 0.717) is 56.7 Å². The van der Waals surface area contributed by atoms with Crippen LogP contribution < -0.4 is 4.74 Å². The Kier molecular flexibility index (Phi) is 8.36. The zero-order valence-electron chi connectivity index (χ0n) is 20.8. The Hall–Kier alpha value is -3.38. The number of ether oxygens (including phenoxy) is 1. The van der Waals surface area contributed by atoms with Crippen molar-refractivity contribution in [3.05, 3.63) is 59.2 Å². The number of aliphatic carboxylic acids is 1. The molecule has 2 aliphatic rings. The van der Waals surface area contributed by atoms with Gasteiger partial charge in [-0.15, -0.1) is 25.6 Å². The predicted octanol–water partition coefficient (Wildman–Crippen LogP) is 4.23. The number of carboxylic acids is 1. The van der Waals surface area contributed by atoms with Crippen molar-refractivity contribution in [2.75, 3.05) is 26.2 Å². The van der Waals surface area contributed by atoms with Crippen LogP contribution in [0.4, 0.5) is 17.6 Å². The number of alkyl halides is 3. The molecule has 0 aliphatic carbocycles. The number of rotatable bonds is 6. The molecule has 5 rings (SSSR count). The number of nitrogens with zero attached hydrogens (tertiary/aromatic N) is 4. The van der Waals surface area contributed by atoms with E-state index in [1.807, 2.05) is 21.6 Å². The third-order valence-corrected chi connectivity index (χ3v) is 7.23. The highest BCUT2D eigenvalue weighted by molar-refractivity contribution is 5.85. The second-order valence-electron chi connectivity index (χ2n) is 9.65. The highest BCUT2D eigenvalue weighted by Crippen LogP contribution is 2.32. The van der Waals surface area contributed by atoms with Gasteiger partial charge < -0.3 is 19.3 Å². The first-order chi connectivity index (χ1) is 18.1. The molecular formula is C26H27ClF4N4O4. The number of carboxylic acid groups (broad SMARTS) is 1. The number of piperidine rings is 1. The van der Waals surface area contributed by atoms with Crippen molar-refractivity contribution in [1.29, 1.82) is 0 Å². The maximum absolute atomic E-state index is 14.4. The topological polar surface area (TPSA) is 87.9 Å². The molecule has 39 heavy (non-hydrogen) atoms. The van der Waals surface area contributed by atoms with Crippen molar-refractivity contribution in [1.82, 2.24) is 19.4 Å². The normalized spacial score (nSPS) is 16.6. The Morgan fingerprint density at radius 2 is 1.87 bits per heavy atom. The number of hydrogen-bond acceptors (Lipinski definition) is 5. The van der Waals surface area contributed by atoms with Crippen LogP contribution in [-0.2, 0) is 29.1 Å². The first-order valence-corrected chi connectivity index (χ1v) is 12.3. The van der Waals surface area contributed by atoms with Crippen molar-refractivity contribution in [3.63, 3.8) is 0 Å². The lowest BCUT2D eigenvalue weighted by atomic mass is 9.97. The average Bonchev–Trinajstić information content (AvgIpc) is 3.18. The molecule has 1 aromatic carbocycles. The Bertz CT molecular complexity index is 1370. The average molecular weight is 571 g/mol. The minimum Gasteiger partial charge on any atom is -0.481 e. The fraction of sp³-hybridized carbons (Fsp3) is 0.423. The van der Waals surface area contributed by atoms with Crippen molar-refractivity contribution in [3.8, 4) is 5.75 Å². The van der Waals surface area contributed by atoms with Gasteiger partial charge in [0.05, 0.1) is 19.0 Å². The van der Waals surface area contributed by atoms with Gasteiger partial charge in [-0.3, -0.25) is 14.5 Å². The number of pyridine rings is 1. The van der Waals surface area contributed by atoms with Crippen LogP contribution in [0.5, 0.6) is 5.75 Å². The van der Waals surface area contributed by atoms with Gasteiger partial charge in [-0.1, -0.05) is 6.07 Å². The second kappa shape index (κ2) is 11.4. The Morgan fingerprint density at radius 3 is 2.54 bits per heavy atom. The molecule has 4 heterocycles. The van der Waals surface area contributed by atoms with E-state index >= 15 is 0 Å². The van der Waals surface area contributed by atoms with Crippen LogP contribution >= 0.6 is 12.4 Å². The number of halogens is 5. The van der Waals surface area contributed by atoms with E-state index < -0.39 is 23.9 Å². The number of hydrogen-bond donors (Lipinski definition) is 1. The summed E-state index contributed by atoms with van der Waals surface area (Å²) in [6, 6.07) is 7.08. The summed E-state index contributed by atoms with van der Waals surface area (Å²) in [6.45, 7) is 2.28. The van der Waals surface area contributed by atoms with Crippen LogP contribution in [0.3, 0.4) is 0 Å². The lowest BCUT2D eigenvalue weighted by Crippen LogP contribution is -2.45. The van der Waals surface area contributed by atoms with Crippen molar-refractivity contribution < 1.29 is 37.0 Å². The molecule has 2 aliphatic heterocycles. The highest BCUT2D eigenvalue weighted by Gasteiger charge is 2.33. The lowest BCUT2D eigenvalue weighted by Gasteiger charge is -2.33. The number of aromatic nitrogens is 2. The van der Waals surface area contributed by atoms with Gasteiger partial charge >= 0.3 is 12.3 Å². The van der Waals surface area contributed by atoms with Gasteiger partial charge in [0.15, 0.2) is 11.6 Å². The van der Waals surface area contributed by atoms with Crippen molar-refractivity contribution >= 4 is 35.3 Å². The van der Waals surface area contributed by atoms with Gasteiger partial charge in [0, 0.05) is 30.4 Å². The van der Waals surface area contributed by atoms with E-state index in [2.05, 4.69) is 9.72 Å². The molecule has 3 aromatic rings. The SMILES string of the molecule is Cl.O=C(O)C1CCN(CC(=O)N2CCc3c(n(Cc4ccc(OC(F)(F)F)c(F)c4)c4ncccc34)C2)CC1. The maximum Gasteiger partial charge on any atom is 0.573 e. The smallest absolute Gasteiger partial charge is 0.481 e. The minimum absolute atomic E-state index is 0. The highest BCUT2D eigenvalue weighted by atomic mass is 35.5. The molecule has 0 atom stereocenters. The molecule has 1 N–H and O–H groups in total. The second-order valence-corrected chi connectivity index (χ2v) is 9.65. The van der Waals surface area contributed by atoms with Gasteiger partial charge in [0.25, 0.3) is 0 Å². The van der Waals surface area contributed by atoms with E-state index in [1.165, 1.54) is 6.07 Å². The molecule has 1 fully saturated rings. The number of likely N-dealkylation sites (tertiary alicyclic amines) is 1. The summed E-state index contributed by atoms with van der Waals surface area (Å²) in [4.78, 5) is 32.6. The standard InChI is InChI=1S/C26H26F4N4O4.ClH/c27-20-12-16(3-4-22(20)38-26(28,29)30)13-34-21-14-33(11-7-18(21)19-2-1-8-31-24(19)34)23(35)15-32-9-5-17(6-10-32)25(36)37;/h1-4,8,12,17H,5-7,9-11,13-15H2,(H,36,37);1H. The first kappa shape index (κ1) is 28.6. The first-order valence-electron chi connectivity index (χ1n) is 12.3. The van der Waals surface area contributed by atoms with E-state index in [4.69, 9.17) is 0 Å². The van der Waals surface area contributed by atoms with Crippen LogP contribution in [0.1, 0.15) is 29.7 Å². The number of carbonyl (C=O) groups is 2. The van der Waals surface area contributed by atoms with E-state index in [-0.39, 0.29) is 37.3 Å². The fourth-order valence-electron chi connectivity index (χ4n) is 5.31. The number of amides is 1. The summed E-state index contributed by atoms with van der Waals surface area (Å²) in [5, 5.41) is 10.1. The fourth-order valence-corrected chi connectivity index (χ4v) is 5.31. The Balaban J connectivity index is 0.00000353. The van der Waals surface area contributed by atoms with Crippen LogP contribution in [0.25, 0.3) is 11.0 Å². The Morgan fingerprint density at radius 1 is 1.13 bits per heavy atom. The lowest BCUT2D eigenvalue weighted by molar-refractivity contribution is -0.275. The van der Waals surface area contributed by atoms with Crippen LogP contribution in [-0.4, -0.2) is 68.9 Å². The number of benzene rings is 1. The van der Waals surface area contributed by atoms with Crippen LogP contribution in [0.2, 0.25) is 0 Å². The molecule has 8 nitrogen and oxygen atoms in total. The molecule has 0 saturated carbocycles. The third kappa shape index (κ3) is 6.27. The number of carbonyl (C=O) groups excluding carboxylic acids is 1. The largest absolute Gasteiger partial charge is 0.573 e. The zero-order chi connectivity index (χ0) is 27.0. The summed E-state index contributed by atoms with van der Waals surface area (Å²) >= 11 is 0. The van der Waals surface area contributed by atoms with Gasteiger partial charge in [-0.05, 0) is 67.7 Å². The van der Waals surface area contributed by atoms with Gasteiger partial charge in [-0.2, -0.15) is 0 Å². The Labute approximate surface area is 227 Å². The van der Waals surface area contributed by atoms with E-state index in [0.717, 1.165) is 28.8 Å². The van der Waals surface area contributed by atoms with Gasteiger partial charge in [0.1, 0.15) is 5.65 Å². The molecule has 0 radical (unpaired) electrons. The molecule has 1 saturated heterocycles. The molecule has 0 spiro atoms. The molecule has 13 heteroatoms. The summed E-state index contributed by atoms with van der Waals surface area (Å²) in [5.74, 6) is -3.26. The molecular weight excluding hydrogens is 544 g/mol. The molecule has 210 valence electrons. The van der Waals surface area contributed by atoms with Gasteiger partial charge in [-0.25, -0.2) is 9.37 Å². The summed E-state index contributed by atoms with van der Waals surface area (Å²) < 4.78 is 57.6. The predicted molar refractivity (Wildman–Crippen MR) is 135 cm³/mol. The monoisotopic (exact) mass is 570 g/mol. The van der Waals surface area contributed by atoms with Crippen LogP contribution in [0, 0.1) is 11.7 Å². The zero-order valence-corrected chi connectivity index (χ0v) is 21.6. The maximum atomic E-state index is 14.4. The van der Waals surface area contributed by atoms with E-state index in [1.54, 1.807) is 11.1 Å². The number of fused-ring (bicyclic) bond motifs is 3. The van der Waals surface area contributed by atoms with Gasteiger partial charge in [0.2, 0.25) is 5.91 Å². The summed E-state index contributed by atoms with van der Waals surface area (Å²) in [5.41, 5.74) is 2.96. The summed E-state index contributed by atoms with van der Waals surface area (Å²) in [7, 11) is 0. The van der Waals surface area contributed by atoms with Crippen molar-refractivity contribution in [2.45, 2.75) is 38.7 Å². The van der Waals surface area contributed by atoms with E-state index in [9.17, 15) is 32.3 Å². The summed E-state index contributed by atoms with van der Waals surface area (Å²) in [6.07, 6.45) is -1.74. The molecule has 0 bridgehead atoms.